The van der Waals surface area contributed by atoms with Crippen molar-refractivity contribution in [2.75, 3.05) is 12.4 Å². The van der Waals surface area contributed by atoms with Crippen molar-refractivity contribution >= 4 is 28.2 Å². The Morgan fingerprint density at radius 1 is 1.28 bits per heavy atom. The minimum Gasteiger partial charge on any atom is -0.478 e. The number of carbonyl (C=O) groups is 2. The number of nitrogens with one attached hydrogen (secondary N) is 1. The third-order valence-electron chi connectivity index (χ3n) is 4.06. The molecule has 2 aromatic rings. The Hall–Kier alpha value is -2.41. The van der Waals surface area contributed by atoms with E-state index in [4.69, 9.17) is 9.47 Å². The molecule has 7 heteroatoms. The molecule has 0 saturated carbocycles. The average Bonchev–Trinajstić information content (AvgIpc) is 3.16. The normalized spacial score (nSPS) is 13.9. The maximum absolute atomic E-state index is 13.6. The highest BCUT2D eigenvalue weighted by atomic mass is 32.1. The minimum atomic E-state index is -0.917. The van der Waals surface area contributed by atoms with Crippen molar-refractivity contribution in [1.29, 1.82) is 0 Å². The molecular formula is C18H18FNO4S. The molecule has 1 heterocycles. The summed E-state index contributed by atoms with van der Waals surface area (Å²) in [6.07, 6.45) is 1.76. The maximum atomic E-state index is 13.6. The van der Waals surface area contributed by atoms with Crippen molar-refractivity contribution in [3.05, 3.63) is 46.1 Å². The number of methoxy groups -OCH3 is 1. The number of amides is 1. The first-order valence-corrected chi connectivity index (χ1v) is 8.77. The number of anilines is 1. The van der Waals surface area contributed by atoms with Gasteiger partial charge in [-0.1, -0.05) is 12.1 Å². The Morgan fingerprint density at radius 3 is 2.76 bits per heavy atom. The van der Waals surface area contributed by atoms with Crippen LogP contribution in [0.25, 0.3) is 0 Å². The number of hydrogen-bond donors (Lipinski definition) is 1. The Balaban J connectivity index is 1.77. The summed E-state index contributed by atoms with van der Waals surface area (Å²) in [5.41, 5.74) is 1.38. The highest BCUT2D eigenvalue weighted by Crippen LogP contribution is 2.39. The fourth-order valence-electron chi connectivity index (χ4n) is 2.81. The topological polar surface area (TPSA) is 64.6 Å². The first-order chi connectivity index (χ1) is 12.0. The molecular weight excluding hydrogens is 345 g/mol. The fourth-order valence-corrected chi connectivity index (χ4v) is 4.09. The number of benzene rings is 1. The number of hydrogen-bond acceptors (Lipinski definition) is 5. The maximum Gasteiger partial charge on any atom is 0.341 e. The summed E-state index contributed by atoms with van der Waals surface area (Å²) >= 11 is 1.39. The van der Waals surface area contributed by atoms with E-state index >= 15 is 0 Å². The van der Waals surface area contributed by atoms with Gasteiger partial charge in [-0.15, -0.1) is 11.3 Å². The van der Waals surface area contributed by atoms with Gasteiger partial charge in [-0.2, -0.15) is 0 Å². The minimum absolute atomic E-state index is 0.00650. The number of para-hydroxylation sites is 1. The van der Waals surface area contributed by atoms with Gasteiger partial charge < -0.3 is 14.8 Å². The van der Waals surface area contributed by atoms with Crippen LogP contribution in [0.15, 0.2) is 24.3 Å². The van der Waals surface area contributed by atoms with Gasteiger partial charge in [0, 0.05) is 4.88 Å². The second kappa shape index (κ2) is 7.23. The summed E-state index contributed by atoms with van der Waals surface area (Å²) in [6, 6.07) is 5.89. The molecule has 0 aliphatic heterocycles. The molecule has 1 N–H and O–H groups in total. The van der Waals surface area contributed by atoms with Gasteiger partial charge in [-0.05, 0) is 43.9 Å². The number of thiophene rings is 1. The van der Waals surface area contributed by atoms with E-state index in [0.29, 0.717) is 10.6 Å². The number of aryl methyl sites for hydroxylation is 1. The van der Waals surface area contributed by atoms with Gasteiger partial charge in [-0.25, -0.2) is 9.18 Å². The second-order valence-corrected chi connectivity index (χ2v) is 6.84. The number of fused-ring (bicyclic) bond motifs is 1. The van der Waals surface area contributed by atoms with Crippen LogP contribution in [-0.2, 0) is 22.4 Å². The highest BCUT2D eigenvalue weighted by Gasteiger charge is 2.29. The molecule has 1 aliphatic rings. The van der Waals surface area contributed by atoms with E-state index < -0.39 is 23.8 Å². The van der Waals surface area contributed by atoms with E-state index in [-0.39, 0.29) is 5.75 Å². The van der Waals surface area contributed by atoms with Crippen LogP contribution in [0.2, 0.25) is 0 Å². The van der Waals surface area contributed by atoms with Crippen LogP contribution in [0.3, 0.4) is 0 Å². The summed E-state index contributed by atoms with van der Waals surface area (Å²) in [7, 11) is 1.32. The molecule has 0 bridgehead atoms. The molecule has 3 rings (SSSR count). The quantitative estimate of drug-likeness (QED) is 0.825. The molecule has 0 unspecified atom stereocenters. The Bertz CT molecular complexity index is 817. The van der Waals surface area contributed by atoms with E-state index in [2.05, 4.69) is 5.32 Å². The van der Waals surface area contributed by atoms with E-state index in [1.165, 1.54) is 37.5 Å². The monoisotopic (exact) mass is 363 g/mol. The Morgan fingerprint density at radius 2 is 2.04 bits per heavy atom. The smallest absolute Gasteiger partial charge is 0.341 e. The molecule has 1 aromatic heterocycles. The van der Waals surface area contributed by atoms with Gasteiger partial charge in [0.05, 0.1) is 12.7 Å². The Labute approximate surface area is 148 Å². The number of carbonyl (C=O) groups excluding carboxylic acids is 2. The van der Waals surface area contributed by atoms with Crippen LogP contribution >= 0.6 is 11.3 Å². The standard InChI is InChI=1S/C18H18FNO4S/c1-10(24-13-8-4-3-7-12(13)19)16(21)20-17-15(18(22)23-2)11-6-5-9-14(11)25-17/h3-4,7-8,10H,5-6,9H2,1-2H3,(H,20,21)/t10-/m1/s1. The molecule has 5 nitrogen and oxygen atoms in total. The van der Waals surface area contributed by atoms with Crippen LogP contribution < -0.4 is 10.1 Å². The molecule has 132 valence electrons. The lowest BCUT2D eigenvalue weighted by Crippen LogP contribution is -2.30. The number of rotatable bonds is 5. The molecule has 1 aromatic carbocycles. The van der Waals surface area contributed by atoms with E-state index in [1.807, 2.05) is 0 Å². The molecule has 0 saturated heterocycles. The lowest BCUT2D eigenvalue weighted by atomic mass is 10.1. The predicted molar refractivity (Wildman–Crippen MR) is 92.8 cm³/mol. The molecule has 0 radical (unpaired) electrons. The summed E-state index contributed by atoms with van der Waals surface area (Å²) in [6.45, 7) is 1.53. The van der Waals surface area contributed by atoms with Crippen molar-refractivity contribution in [3.63, 3.8) is 0 Å². The molecule has 0 spiro atoms. The molecule has 1 atom stereocenters. The van der Waals surface area contributed by atoms with Crippen molar-refractivity contribution in [2.45, 2.75) is 32.3 Å². The van der Waals surface area contributed by atoms with Crippen LogP contribution in [0.5, 0.6) is 5.75 Å². The zero-order valence-electron chi connectivity index (χ0n) is 13.9. The SMILES string of the molecule is COC(=O)c1c(NC(=O)[C@@H](C)Oc2ccccc2F)sc2c1CCC2. The summed E-state index contributed by atoms with van der Waals surface area (Å²) in [5.74, 6) is -1.44. The van der Waals surface area contributed by atoms with Gasteiger partial charge >= 0.3 is 5.97 Å². The number of esters is 1. The third kappa shape index (κ3) is 3.51. The molecule has 1 amide bonds. The van der Waals surface area contributed by atoms with Gasteiger partial charge in [-0.3, -0.25) is 4.79 Å². The van der Waals surface area contributed by atoms with Crippen LogP contribution in [0.1, 0.15) is 34.1 Å². The predicted octanol–water partition coefficient (Wildman–Crippen LogP) is 3.57. The lowest BCUT2D eigenvalue weighted by molar-refractivity contribution is -0.122. The Kier molecular flexibility index (Phi) is 5.03. The van der Waals surface area contributed by atoms with Crippen molar-refractivity contribution in [2.24, 2.45) is 0 Å². The number of halogens is 1. The second-order valence-electron chi connectivity index (χ2n) is 5.73. The van der Waals surface area contributed by atoms with Gasteiger partial charge in [0.2, 0.25) is 0 Å². The van der Waals surface area contributed by atoms with Crippen LogP contribution in [0.4, 0.5) is 9.39 Å². The molecule has 0 fully saturated rings. The first kappa shape index (κ1) is 17.4. The van der Waals surface area contributed by atoms with Crippen molar-refractivity contribution in [3.8, 4) is 5.75 Å². The average molecular weight is 363 g/mol. The summed E-state index contributed by atoms with van der Waals surface area (Å²) in [5, 5.41) is 3.19. The van der Waals surface area contributed by atoms with Crippen molar-refractivity contribution < 1.29 is 23.5 Å². The van der Waals surface area contributed by atoms with Gasteiger partial charge in [0.1, 0.15) is 5.00 Å². The first-order valence-electron chi connectivity index (χ1n) is 7.96. The van der Waals surface area contributed by atoms with Gasteiger partial charge in [0.25, 0.3) is 5.91 Å². The number of ether oxygens (including phenoxy) is 2. The summed E-state index contributed by atoms with van der Waals surface area (Å²) in [4.78, 5) is 25.6. The van der Waals surface area contributed by atoms with Crippen molar-refractivity contribution in [1.82, 2.24) is 0 Å². The zero-order valence-corrected chi connectivity index (χ0v) is 14.7. The van der Waals surface area contributed by atoms with E-state index in [1.54, 1.807) is 12.1 Å². The lowest BCUT2D eigenvalue weighted by Gasteiger charge is -2.15. The molecule has 1 aliphatic carbocycles. The van der Waals surface area contributed by atoms with E-state index in [0.717, 1.165) is 29.7 Å². The zero-order chi connectivity index (χ0) is 18.0. The summed E-state index contributed by atoms with van der Waals surface area (Å²) < 4.78 is 23.9. The fraction of sp³-hybridized carbons (Fsp3) is 0.333. The third-order valence-corrected chi connectivity index (χ3v) is 5.26. The largest absolute Gasteiger partial charge is 0.478 e. The van der Waals surface area contributed by atoms with Crippen LogP contribution in [-0.4, -0.2) is 25.1 Å². The van der Waals surface area contributed by atoms with Gasteiger partial charge in [0.15, 0.2) is 17.7 Å². The van der Waals surface area contributed by atoms with E-state index in [9.17, 15) is 14.0 Å². The highest BCUT2D eigenvalue weighted by molar-refractivity contribution is 7.17. The molecule has 25 heavy (non-hydrogen) atoms. The van der Waals surface area contributed by atoms with Crippen LogP contribution in [0, 0.1) is 5.82 Å².